The van der Waals surface area contributed by atoms with Gasteiger partial charge in [-0.2, -0.15) is 0 Å². The molecule has 0 aromatic heterocycles. The van der Waals surface area contributed by atoms with Crippen molar-refractivity contribution in [3.8, 4) is 0 Å². The minimum absolute atomic E-state index is 0.0325. The number of methoxy groups -OCH3 is 1. The summed E-state index contributed by atoms with van der Waals surface area (Å²) in [5.41, 5.74) is 2.60. The maximum absolute atomic E-state index is 12.8. The number of likely N-dealkylation sites (tertiary alicyclic amines) is 1. The van der Waals surface area contributed by atoms with Gasteiger partial charge in [0.25, 0.3) is 0 Å². The van der Waals surface area contributed by atoms with Crippen LogP contribution in [0.1, 0.15) is 63.0 Å². The van der Waals surface area contributed by atoms with E-state index in [1.54, 1.807) is 7.11 Å². The molecule has 3 fully saturated rings. The molecule has 198 valence electrons. The number of benzene rings is 1. The van der Waals surface area contributed by atoms with Gasteiger partial charge in [0.05, 0.1) is 13.2 Å². The van der Waals surface area contributed by atoms with E-state index in [0.717, 1.165) is 58.0 Å². The van der Waals surface area contributed by atoms with Crippen LogP contribution in [0.5, 0.6) is 0 Å². The van der Waals surface area contributed by atoms with E-state index in [-0.39, 0.29) is 24.2 Å². The van der Waals surface area contributed by atoms with Gasteiger partial charge >= 0.3 is 12.2 Å². The fraction of sp³-hybridized carbons (Fsp3) is 0.714. The molecule has 4 aliphatic heterocycles. The minimum Gasteiger partial charge on any atom is -0.449 e. The zero-order valence-corrected chi connectivity index (χ0v) is 21.8. The Morgan fingerprint density at radius 2 is 1.64 bits per heavy atom. The number of amides is 2. The summed E-state index contributed by atoms with van der Waals surface area (Å²) < 4.78 is 16.0. The Bertz CT molecular complexity index is 918. The summed E-state index contributed by atoms with van der Waals surface area (Å²) in [4.78, 5) is 32.1. The maximum atomic E-state index is 12.8. The molecule has 0 N–H and O–H groups in total. The Balaban J connectivity index is 1.24. The van der Waals surface area contributed by atoms with Crippen LogP contribution in [0.4, 0.5) is 9.59 Å². The van der Waals surface area contributed by atoms with Crippen molar-refractivity contribution in [2.24, 2.45) is 0 Å². The van der Waals surface area contributed by atoms with E-state index in [2.05, 4.69) is 29.2 Å². The standard InChI is InChI=1S/C28H41N3O5/c1-3-14-35-27(33)31-22-8-9-23(31)18-24(17-22)29-12-10-28(11-13-29)20-30(26(32)36-16-15-34-2)19-21-6-4-5-7-25(21)28/h4-7,22-24H,3,8-20H2,1-2H3. The van der Waals surface area contributed by atoms with Crippen LogP contribution in [0.25, 0.3) is 0 Å². The predicted octanol–water partition coefficient (Wildman–Crippen LogP) is 4.16. The summed E-state index contributed by atoms with van der Waals surface area (Å²) in [6.07, 6.45) is 6.82. The monoisotopic (exact) mass is 499 g/mol. The molecule has 8 heteroatoms. The molecule has 1 aromatic rings. The van der Waals surface area contributed by atoms with Gasteiger partial charge in [-0.3, -0.25) is 0 Å². The normalized spacial score (nSPS) is 27.1. The summed E-state index contributed by atoms with van der Waals surface area (Å²) in [6, 6.07) is 9.75. The van der Waals surface area contributed by atoms with E-state index in [4.69, 9.17) is 14.2 Å². The first kappa shape index (κ1) is 25.3. The molecule has 4 heterocycles. The summed E-state index contributed by atoms with van der Waals surface area (Å²) in [5.74, 6) is 0. The molecule has 36 heavy (non-hydrogen) atoms. The van der Waals surface area contributed by atoms with Crippen molar-refractivity contribution in [3.05, 3.63) is 35.4 Å². The first-order valence-electron chi connectivity index (χ1n) is 13.7. The number of nitrogens with zero attached hydrogens (tertiary/aromatic N) is 3. The second-order valence-electron chi connectivity index (χ2n) is 11.0. The Labute approximate surface area is 214 Å². The van der Waals surface area contributed by atoms with Crippen LogP contribution in [0, 0.1) is 0 Å². The number of hydrogen-bond acceptors (Lipinski definition) is 6. The number of carbonyl (C=O) groups excluding carboxylic acids is 2. The summed E-state index contributed by atoms with van der Waals surface area (Å²) in [7, 11) is 1.61. The lowest BCUT2D eigenvalue weighted by molar-refractivity contribution is 0.0158. The summed E-state index contributed by atoms with van der Waals surface area (Å²) >= 11 is 0. The Kier molecular flexibility index (Phi) is 7.72. The third-order valence-electron chi connectivity index (χ3n) is 8.83. The number of piperidine rings is 2. The molecular formula is C28H41N3O5. The Morgan fingerprint density at radius 1 is 0.944 bits per heavy atom. The van der Waals surface area contributed by atoms with Gasteiger partial charge in [-0.15, -0.1) is 0 Å². The van der Waals surface area contributed by atoms with Crippen LogP contribution in [-0.2, 0) is 26.2 Å². The lowest BCUT2D eigenvalue weighted by Gasteiger charge is -2.51. The number of fused-ring (bicyclic) bond motifs is 4. The highest BCUT2D eigenvalue weighted by atomic mass is 16.6. The van der Waals surface area contributed by atoms with Crippen molar-refractivity contribution in [1.82, 2.24) is 14.7 Å². The van der Waals surface area contributed by atoms with Crippen molar-refractivity contribution < 1.29 is 23.8 Å². The van der Waals surface area contributed by atoms with Gasteiger partial charge < -0.3 is 28.9 Å². The van der Waals surface area contributed by atoms with Crippen molar-refractivity contribution in [2.75, 3.05) is 46.6 Å². The maximum Gasteiger partial charge on any atom is 0.410 e. The summed E-state index contributed by atoms with van der Waals surface area (Å²) in [5, 5.41) is 0. The molecule has 2 bridgehead atoms. The van der Waals surface area contributed by atoms with Gasteiger partial charge in [-0.05, 0) is 69.2 Å². The number of hydrogen-bond donors (Lipinski definition) is 0. The molecule has 8 nitrogen and oxygen atoms in total. The molecular weight excluding hydrogens is 458 g/mol. The van der Waals surface area contributed by atoms with Crippen molar-refractivity contribution >= 4 is 12.2 Å². The van der Waals surface area contributed by atoms with Gasteiger partial charge in [0.15, 0.2) is 0 Å². The lowest BCUT2D eigenvalue weighted by atomic mass is 9.68. The minimum atomic E-state index is -0.248. The number of rotatable bonds is 6. The van der Waals surface area contributed by atoms with Crippen molar-refractivity contribution in [3.63, 3.8) is 0 Å². The summed E-state index contributed by atoms with van der Waals surface area (Å²) in [6.45, 7) is 6.57. The topological polar surface area (TPSA) is 71.6 Å². The molecule has 0 radical (unpaired) electrons. The van der Waals surface area contributed by atoms with Gasteiger partial charge in [0, 0.05) is 43.7 Å². The molecule has 2 unspecified atom stereocenters. The van der Waals surface area contributed by atoms with Gasteiger partial charge in [-0.1, -0.05) is 31.2 Å². The largest absolute Gasteiger partial charge is 0.449 e. The van der Waals surface area contributed by atoms with Crippen LogP contribution >= 0.6 is 0 Å². The van der Waals surface area contributed by atoms with Crippen LogP contribution in [-0.4, -0.2) is 91.6 Å². The van der Waals surface area contributed by atoms with Crippen molar-refractivity contribution in [2.45, 2.75) is 82.0 Å². The highest BCUT2D eigenvalue weighted by Crippen LogP contribution is 2.44. The molecule has 1 aromatic carbocycles. The van der Waals surface area contributed by atoms with Crippen LogP contribution in [0.3, 0.4) is 0 Å². The first-order chi connectivity index (χ1) is 17.5. The van der Waals surface area contributed by atoms with E-state index < -0.39 is 0 Å². The Hall–Kier alpha value is -2.32. The van der Waals surface area contributed by atoms with Crippen LogP contribution in [0.2, 0.25) is 0 Å². The zero-order chi connectivity index (χ0) is 25.1. The van der Waals surface area contributed by atoms with E-state index in [0.29, 0.717) is 44.4 Å². The lowest BCUT2D eigenvalue weighted by Crippen LogP contribution is -2.57. The molecule has 3 saturated heterocycles. The smallest absolute Gasteiger partial charge is 0.410 e. The molecule has 4 aliphatic rings. The van der Waals surface area contributed by atoms with E-state index in [9.17, 15) is 9.59 Å². The van der Waals surface area contributed by atoms with Gasteiger partial charge in [0.1, 0.15) is 6.61 Å². The average molecular weight is 500 g/mol. The highest BCUT2D eigenvalue weighted by molar-refractivity contribution is 5.69. The average Bonchev–Trinajstić information content (AvgIpc) is 3.17. The molecule has 5 rings (SSSR count). The third kappa shape index (κ3) is 4.94. The first-order valence-corrected chi connectivity index (χ1v) is 13.7. The zero-order valence-electron chi connectivity index (χ0n) is 21.8. The molecule has 2 atom stereocenters. The van der Waals surface area contributed by atoms with Crippen molar-refractivity contribution in [1.29, 1.82) is 0 Å². The van der Waals surface area contributed by atoms with Crippen LogP contribution < -0.4 is 0 Å². The molecule has 1 spiro atoms. The molecule has 2 amide bonds. The Morgan fingerprint density at radius 3 is 2.33 bits per heavy atom. The van der Waals surface area contributed by atoms with E-state index in [1.165, 1.54) is 11.1 Å². The molecule has 0 saturated carbocycles. The molecule has 0 aliphatic carbocycles. The van der Waals surface area contributed by atoms with E-state index in [1.807, 2.05) is 16.7 Å². The second kappa shape index (κ2) is 11.0. The van der Waals surface area contributed by atoms with Gasteiger partial charge in [-0.25, -0.2) is 9.59 Å². The third-order valence-corrected chi connectivity index (χ3v) is 8.83. The fourth-order valence-corrected chi connectivity index (χ4v) is 7.07. The quantitative estimate of drug-likeness (QED) is 0.548. The number of ether oxygens (including phenoxy) is 3. The number of carbonyl (C=O) groups is 2. The van der Waals surface area contributed by atoms with Gasteiger partial charge in [0.2, 0.25) is 0 Å². The van der Waals surface area contributed by atoms with E-state index >= 15 is 0 Å². The fourth-order valence-electron chi connectivity index (χ4n) is 7.07. The SMILES string of the molecule is CCCOC(=O)N1C2CCC1CC(N1CCC3(CC1)CN(C(=O)OCCOC)Cc1ccccc13)C2. The second-order valence-corrected chi connectivity index (χ2v) is 11.0. The van der Waals surface area contributed by atoms with Crippen LogP contribution in [0.15, 0.2) is 24.3 Å². The predicted molar refractivity (Wildman–Crippen MR) is 136 cm³/mol. The highest BCUT2D eigenvalue weighted by Gasteiger charge is 2.48.